The highest BCUT2D eigenvalue weighted by molar-refractivity contribution is 9.10. The van der Waals surface area contributed by atoms with Crippen molar-refractivity contribution in [3.63, 3.8) is 0 Å². The number of hydrogen-bond acceptors (Lipinski definition) is 4. The van der Waals surface area contributed by atoms with E-state index in [1.165, 1.54) is 4.90 Å². The Morgan fingerprint density at radius 1 is 1.19 bits per heavy atom. The van der Waals surface area contributed by atoms with Crippen molar-refractivity contribution >= 4 is 39.6 Å². The molecule has 0 saturated carbocycles. The normalized spacial score (nSPS) is 12.9. The van der Waals surface area contributed by atoms with Crippen LogP contribution < -0.4 is 10.6 Å². The Labute approximate surface area is 158 Å². The van der Waals surface area contributed by atoms with Crippen molar-refractivity contribution in [3.8, 4) is 0 Å². The number of fused-ring (bicyclic) bond motifs is 1. The van der Waals surface area contributed by atoms with Crippen molar-refractivity contribution < 1.29 is 14.4 Å². The molecule has 0 aliphatic carbocycles. The maximum absolute atomic E-state index is 12.3. The third kappa shape index (κ3) is 3.75. The van der Waals surface area contributed by atoms with Crippen LogP contribution in [0.3, 0.4) is 0 Å². The van der Waals surface area contributed by atoms with Crippen LogP contribution in [0.4, 0.5) is 10.6 Å². The van der Waals surface area contributed by atoms with E-state index in [9.17, 15) is 14.4 Å². The van der Waals surface area contributed by atoms with Crippen LogP contribution in [0.15, 0.2) is 41.0 Å². The molecular formula is C18H17BrN4O3. The second kappa shape index (κ2) is 7.65. The lowest BCUT2D eigenvalue weighted by molar-refractivity contribution is 0.0653. The smallest absolute Gasteiger partial charge is 0.320 e. The van der Waals surface area contributed by atoms with E-state index in [1.54, 1.807) is 30.5 Å². The molecule has 8 heteroatoms. The number of imide groups is 1. The van der Waals surface area contributed by atoms with Crippen LogP contribution in [0.25, 0.3) is 0 Å². The number of nitrogens with zero attached hydrogens (tertiary/aromatic N) is 2. The monoisotopic (exact) mass is 416 g/mol. The number of aryl methyl sites for hydroxylation is 1. The van der Waals surface area contributed by atoms with E-state index in [1.807, 2.05) is 13.0 Å². The summed E-state index contributed by atoms with van der Waals surface area (Å²) in [6.45, 7) is 2.42. The van der Waals surface area contributed by atoms with Crippen molar-refractivity contribution in [2.24, 2.45) is 0 Å². The number of urea groups is 1. The molecule has 1 aromatic heterocycles. The maximum Gasteiger partial charge on any atom is 0.320 e. The molecule has 0 unspecified atom stereocenters. The zero-order chi connectivity index (χ0) is 18.7. The number of anilines is 1. The number of pyridine rings is 1. The third-order valence-corrected chi connectivity index (χ3v) is 4.51. The predicted octanol–water partition coefficient (Wildman–Crippen LogP) is 2.96. The largest absolute Gasteiger partial charge is 0.338 e. The molecule has 2 heterocycles. The number of halogens is 1. The van der Waals surface area contributed by atoms with Crippen LogP contribution in [-0.2, 0) is 0 Å². The fourth-order valence-corrected chi connectivity index (χ4v) is 3.03. The molecule has 0 saturated heterocycles. The molecule has 1 aromatic carbocycles. The van der Waals surface area contributed by atoms with Crippen LogP contribution in [0.2, 0.25) is 0 Å². The molecule has 2 aromatic rings. The average molecular weight is 417 g/mol. The Hall–Kier alpha value is -2.74. The van der Waals surface area contributed by atoms with Crippen molar-refractivity contribution in [1.29, 1.82) is 0 Å². The number of rotatable bonds is 5. The van der Waals surface area contributed by atoms with Crippen LogP contribution in [0.1, 0.15) is 32.7 Å². The maximum atomic E-state index is 12.3. The van der Waals surface area contributed by atoms with E-state index in [0.717, 1.165) is 10.0 Å². The lowest BCUT2D eigenvalue weighted by Crippen LogP contribution is -2.35. The first-order chi connectivity index (χ1) is 12.5. The predicted molar refractivity (Wildman–Crippen MR) is 100 cm³/mol. The summed E-state index contributed by atoms with van der Waals surface area (Å²) < 4.78 is 0.752. The van der Waals surface area contributed by atoms with Crippen molar-refractivity contribution in [2.75, 3.05) is 18.4 Å². The molecule has 3 rings (SSSR count). The number of carbonyl (C=O) groups excluding carboxylic acids is 3. The Morgan fingerprint density at radius 2 is 1.96 bits per heavy atom. The SMILES string of the molecule is Cc1cccnc1NC(=O)NCCCN1C(=O)c2ccc(Br)cc2C1=O. The van der Waals surface area contributed by atoms with Gasteiger partial charge in [-0.2, -0.15) is 0 Å². The summed E-state index contributed by atoms with van der Waals surface area (Å²) >= 11 is 3.30. The second-order valence-corrected chi connectivity index (χ2v) is 6.77. The third-order valence-electron chi connectivity index (χ3n) is 4.02. The minimum atomic E-state index is -0.377. The summed E-state index contributed by atoms with van der Waals surface area (Å²) in [6.07, 6.45) is 2.06. The molecule has 7 nitrogen and oxygen atoms in total. The quantitative estimate of drug-likeness (QED) is 0.578. The number of carbonyl (C=O) groups is 3. The van der Waals surface area contributed by atoms with Crippen molar-refractivity contribution in [3.05, 3.63) is 57.7 Å². The molecule has 0 radical (unpaired) electrons. The Bertz CT molecular complexity index is 884. The zero-order valence-corrected chi connectivity index (χ0v) is 15.7. The van der Waals surface area contributed by atoms with Gasteiger partial charge >= 0.3 is 6.03 Å². The van der Waals surface area contributed by atoms with Crippen LogP contribution in [-0.4, -0.2) is 40.8 Å². The van der Waals surface area contributed by atoms with Gasteiger partial charge in [-0.05, 0) is 43.2 Å². The van der Waals surface area contributed by atoms with Gasteiger partial charge in [0.1, 0.15) is 5.82 Å². The lowest BCUT2D eigenvalue weighted by Gasteiger charge is -2.14. The van der Waals surface area contributed by atoms with Gasteiger partial charge in [-0.25, -0.2) is 9.78 Å². The van der Waals surface area contributed by atoms with Gasteiger partial charge in [-0.1, -0.05) is 22.0 Å². The average Bonchev–Trinajstić information content (AvgIpc) is 2.84. The number of amides is 4. The topological polar surface area (TPSA) is 91.4 Å². The Morgan fingerprint density at radius 3 is 2.73 bits per heavy atom. The zero-order valence-electron chi connectivity index (χ0n) is 14.1. The number of benzene rings is 1. The summed E-state index contributed by atoms with van der Waals surface area (Å²) in [7, 11) is 0. The van der Waals surface area contributed by atoms with Gasteiger partial charge in [0, 0.05) is 23.8 Å². The van der Waals surface area contributed by atoms with Crippen LogP contribution >= 0.6 is 15.9 Å². The molecule has 0 atom stereocenters. The summed E-state index contributed by atoms with van der Waals surface area (Å²) in [5.41, 5.74) is 1.68. The molecule has 26 heavy (non-hydrogen) atoms. The second-order valence-electron chi connectivity index (χ2n) is 5.86. The molecule has 0 fully saturated rings. The van der Waals surface area contributed by atoms with Crippen molar-refractivity contribution in [2.45, 2.75) is 13.3 Å². The highest BCUT2D eigenvalue weighted by Gasteiger charge is 2.34. The minimum absolute atomic E-state index is 0.243. The van der Waals surface area contributed by atoms with Gasteiger partial charge in [0.25, 0.3) is 11.8 Å². The molecule has 134 valence electrons. The summed E-state index contributed by atoms with van der Waals surface area (Å²) in [5, 5.41) is 5.36. The van der Waals surface area contributed by atoms with E-state index in [0.29, 0.717) is 29.9 Å². The Kier molecular flexibility index (Phi) is 5.32. The summed E-state index contributed by atoms with van der Waals surface area (Å²) in [5.74, 6) is -0.109. The first kappa shape index (κ1) is 18.1. The first-order valence-corrected chi connectivity index (χ1v) is 8.89. The van der Waals surface area contributed by atoms with Crippen LogP contribution in [0.5, 0.6) is 0 Å². The van der Waals surface area contributed by atoms with E-state index in [2.05, 4.69) is 31.5 Å². The molecule has 2 N–H and O–H groups in total. The standard InChI is InChI=1S/C18H17BrN4O3/c1-11-4-2-7-20-15(11)22-18(26)21-8-3-9-23-16(24)13-6-5-12(19)10-14(13)17(23)25/h2,4-7,10H,3,8-9H2,1H3,(H2,20,21,22,26). The van der Waals surface area contributed by atoms with E-state index >= 15 is 0 Å². The number of aromatic nitrogens is 1. The highest BCUT2D eigenvalue weighted by atomic mass is 79.9. The van der Waals surface area contributed by atoms with Gasteiger partial charge in [0.15, 0.2) is 0 Å². The molecule has 1 aliphatic rings. The number of nitrogens with one attached hydrogen (secondary N) is 2. The van der Waals surface area contributed by atoms with Gasteiger partial charge < -0.3 is 5.32 Å². The van der Waals surface area contributed by atoms with Crippen LogP contribution in [0, 0.1) is 6.92 Å². The fraction of sp³-hybridized carbons (Fsp3) is 0.222. The van der Waals surface area contributed by atoms with Gasteiger partial charge in [0.05, 0.1) is 11.1 Å². The molecule has 4 amide bonds. The minimum Gasteiger partial charge on any atom is -0.338 e. The van der Waals surface area contributed by atoms with Crippen molar-refractivity contribution in [1.82, 2.24) is 15.2 Å². The van der Waals surface area contributed by atoms with Gasteiger partial charge in [0.2, 0.25) is 0 Å². The van der Waals surface area contributed by atoms with E-state index in [4.69, 9.17) is 0 Å². The highest BCUT2D eigenvalue weighted by Crippen LogP contribution is 2.25. The molecular weight excluding hydrogens is 400 g/mol. The van der Waals surface area contributed by atoms with E-state index < -0.39 is 0 Å². The van der Waals surface area contributed by atoms with E-state index in [-0.39, 0.29) is 24.4 Å². The molecule has 1 aliphatic heterocycles. The molecule has 0 bridgehead atoms. The van der Waals surface area contributed by atoms with Gasteiger partial charge in [-0.15, -0.1) is 0 Å². The summed E-state index contributed by atoms with van der Waals surface area (Å²) in [4.78, 5) is 41.8. The lowest BCUT2D eigenvalue weighted by atomic mass is 10.1. The Balaban J connectivity index is 1.48. The summed E-state index contributed by atoms with van der Waals surface area (Å²) in [6, 6.07) is 8.29. The van der Waals surface area contributed by atoms with Gasteiger partial charge in [-0.3, -0.25) is 19.8 Å². The number of hydrogen-bond donors (Lipinski definition) is 2. The first-order valence-electron chi connectivity index (χ1n) is 8.09. The fourth-order valence-electron chi connectivity index (χ4n) is 2.67. The molecule has 0 spiro atoms.